The number of halogens is 3. The average Bonchev–Trinajstić information content (AvgIpc) is 2.63. The highest BCUT2D eigenvalue weighted by molar-refractivity contribution is 7.89. The topological polar surface area (TPSA) is 75.5 Å². The maximum Gasteiger partial charge on any atom is 0.288 e. The van der Waals surface area contributed by atoms with Gasteiger partial charge in [-0.3, -0.25) is 9.69 Å². The Bertz CT molecular complexity index is 975. The molecule has 0 spiro atoms. The van der Waals surface area contributed by atoms with Crippen LogP contribution in [0.1, 0.15) is 0 Å². The van der Waals surface area contributed by atoms with Gasteiger partial charge >= 0.3 is 0 Å². The number of nitrogens with zero attached hydrogens (tertiary/aromatic N) is 4. The highest BCUT2D eigenvalue weighted by atomic mass is 35.5. The van der Waals surface area contributed by atoms with Crippen LogP contribution in [-0.4, -0.2) is 53.6 Å². The van der Waals surface area contributed by atoms with Crippen molar-refractivity contribution in [2.24, 2.45) is 0 Å². The van der Waals surface area contributed by atoms with Gasteiger partial charge < -0.3 is 0 Å². The lowest BCUT2D eigenvalue weighted by molar-refractivity contribution is 0.143. The van der Waals surface area contributed by atoms with Gasteiger partial charge in [0.1, 0.15) is 10.8 Å². The van der Waals surface area contributed by atoms with Crippen molar-refractivity contribution in [2.75, 3.05) is 26.2 Å². The molecule has 0 saturated carbocycles. The molecule has 3 rings (SSSR count). The van der Waals surface area contributed by atoms with Crippen LogP contribution >= 0.6 is 23.2 Å². The van der Waals surface area contributed by atoms with E-state index in [1.807, 2.05) is 4.90 Å². The number of benzene rings is 1. The molecule has 7 nitrogen and oxygen atoms in total. The normalized spacial score (nSPS) is 16.7. The third kappa shape index (κ3) is 3.91. The Kier molecular flexibility index (Phi) is 5.64. The summed E-state index contributed by atoms with van der Waals surface area (Å²) in [7, 11) is -3.76. The van der Waals surface area contributed by atoms with Crippen LogP contribution in [0.3, 0.4) is 0 Å². The van der Waals surface area contributed by atoms with Crippen molar-refractivity contribution in [1.29, 1.82) is 0 Å². The van der Waals surface area contributed by atoms with Gasteiger partial charge in [0, 0.05) is 26.2 Å². The first kappa shape index (κ1) is 19.2. The minimum atomic E-state index is -3.76. The van der Waals surface area contributed by atoms with Crippen molar-refractivity contribution >= 4 is 33.2 Å². The first-order chi connectivity index (χ1) is 12.3. The van der Waals surface area contributed by atoms with Gasteiger partial charge in [0.25, 0.3) is 5.56 Å². The molecule has 0 atom stereocenters. The van der Waals surface area contributed by atoms with Gasteiger partial charge in [0.15, 0.2) is 0 Å². The monoisotopic (exact) mass is 420 g/mol. The van der Waals surface area contributed by atoms with E-state index in [-0.39, 0.29) is 34.7 Å². The Morgan fingerprint density at radius 2 is 1.85 bits per heavy atom. The summed E-state index contributed by atoms with van der Waals surface area (Å²) in [6.45, 7) is 1.39. The molecule has 0 radical (unpaired) electrons. The zero-order valence-electron chi connectivity index (χ0n) is 13.5. The predicted octanol–water partition coefficient (Wildman–Crippen LogP) is 1.65. The van der Waals surface area contributed by atoms with E-state index in [4.69, 9.17) is 23.2 Å². The summed E-state index contributed by atoms with van der Waals surface area (Å²) in [5, 5.41) is 3.91. The average molecular weight is 421 g/mol. The summed E-state index contributed by atoms with van der Waals surface area (Å²) in [6.07, 6.45) is 1.29. The number of sulfonamides is 1. The molecule has 0 bridgehead atoms. The van der Waals surface area contributed by atoms with Crippen LogP contribution < -0.4 is 5.56 Å². The molecule has 0 aliphatic carbocycles. The van der Waals surface area contributed by atoms with Gasteiger partial charge in [-0.1, -0.05) is 29.3 Å². The third-order valence-electron chi connectivity index (χ3n) is 4.04. The summed E-state index contributed by atoms with van der Waals surface area (Å²) < 4.78 is 40.9. The second kappa shape index (κ2) is 7.61. The number of rotatable bonds is 4. The molecule has 0 unspecified atom stereocenters. The summed E-state index contributed by atoms with van der Waals surface area (Å²) in [6, 6.07) is 4.92. The second-order valence-electron chi connectivity index (χ2n) is 5.73. The lowest BCUT2D eigenvalue weighted by atomic mass is 10.4. The van der Waals surface area contributed by atoms with Crippen molar-refractivity contribution in [2.45, 2.75) is 11.6 Å². The van der Waals surface area contributed by atoms with Crippen molar-refractivity contribution in [3.8, 4) is 0 Å². The molecule has 1 saturated heterocycles. The smallest absolute Gasteiger partial charge is 0.282 e. The standard InChI is InChI=1S/C15H15Cl2FN4O3S/c16-13-9-19-22(15(23)14(13)17)10-20-4-6-21(7-5-20)26(24,25)12-3-1-2-11(18)8-12/h1-3,8-9H,4-7,10H2. The van der Waals surface area contributed by atoms with E-state index < -0.39 is 21.4 Å². The number of piperazine rings is 1. The molecule has 2 aromatic rings. The van der Waals surface area contributed by atoms with Gasteiger partial charge in [-0.05, 0) is 18.2 Å². The van der Waals surface area contributed by atoms with E-state index in [0.717, 1.165) is 6.07 Å². The maximum atomic E-state index is 13.3. The molecule has 1 aliphatic rings. The van der Waals surface area contributed by atoms with Crippen molar-refractivity contribution in [3.05, 3.63) is 56.7 Å². The molecular weight excluding hydrogens is 406 g/mol. The summed E-state index contributed by atoms with van der Waals surface area (Å²) in [4.78, 5) is 13.8. The summed E-state index contributed by atoms with van der Waals surface area (Å²) in [5.41, 5.74) is -0.506. The van der Waals surface area contributed by atoms with Gasteiger partial charge in [-0.15, -0.1) is 0 Å². The fourth-order valence-electron chi connectivity index (χ4n) is 2.62. The molecule has 1 fully saturated rings. The van der Waals surface area contributed by atoms with Crippen LogP contribution in [-0.2, 0) is 16.7 Å². The SMILES string of the molecule is O=c1c(Cl)c(Cl)cnn1CN1CCN(S(=O)(=O)c2cccc(F)c2)CC1. The highest BCUT2D eigenvalue weighted by Gasteiger charge is 2.29. The third-order valence-corrected chi connectivity index (χ3v) is 6.68. The van der Waals surface area contributed by atoms with Crippen LogP contribution in [0.4, 0.5) is 4.39 Å². The molecule has 2 heterocycles. The molecule has 1 aromatic heterocycles. The van der Waals surface area contributed by atoms with Crippen LogP contribution in [0.5, 0.6) is 0 Å². The largest absolute Gasteiger partial charge is 0.288 e. The number of hydrogen-bond acceptors (Lipinski definition) is 5. The Hall–Kier alpha value is -1.52. The van der Waals surface area contributed by atoms with Crippen LogP contribution in [0.25, 0.3) is 0 Å². The molecule has 11 heteroatoms. The fourth-order valence-corrected chi connectivity index (χ4v) is 4.35. The molecule has 140 valence electrons. The Morgan fingerprint density at radius 1 is 1.15 bits per heavy atom. The second-order valence-corrected chi connectivity index (χ2v) is 8.46. The molecule has 1 aliphatic heterocycles. The van der Waals surface area contributed by atoms with E-state index in [2.05, 4.69) is 5.10 Å². The van der Waals surface area contributed by atoms with Gasteiger partial charge in [-0.25, -0.2) is 17.5 Å². The van der Waals surface area contributed by atoms with E-state index in [0.29, 0.717) is 13.1 Å². The zero-order valence-corrected chi connectivity index (χ0v) is 15.8. The Labute approximate surface area is 159 Å². The number of aromatic nitrogens is 2. The number of hydrogen-bond donors (Lipinski definition) is 0. The molecule has 0 N–H and O–H groups in total. The Balaban J connectivity index is 1.68. The maximum absolute atomic E-state index is 13.3. The minimum absolute atomic E-state index is 0.0756. The van der Waals surface area contributed by atoms with Crippen molar-refractivity contribution < 1.29 is 12.8 Å². The Morgan fingerprint density at radius 3 is 2.50 bits per heavy atom. The molecule has 1 aromatic carbocycles. The van der Waals surface area contributed by atoms with Crippen molar-refractivity contribution in [1.82, 2.24) is 19.0 Å². The predicted molar refractivity (Wildman–Crippen MR) is 95.2 cm³/mol. The summed E-state index contributed by atoms with van der Waals surface area (Å²) >= 11 is 11.6. The first-order valence-corrected chi connectivity index (χ1v) is 9.88. The van der Waals surface area contributed by atoms with Crippen molar-refractivity contribution in [3.63, 3.8) is 0 Å². The van der Waals surface area contributed by atoms with E-state index in [1.165, 1.54) is 33.4 Å². The lowest BCUT2D eigenvalue weighted by Gasteiger charge is -2.33. The van der Waals surface area contributed by atoms with E-state index in [1.54, 1.807) is 0 Å². The fraction of sp³-hybridized carbons (Fsp3) is 0.333. The van der Waals surface area contributed by atoms with Gasteiger partial charge in [0.05, 0.1) is 22.8 Å². The zero-order chi connectivity index (χ0) is 18.9. The summed E-state index contributed by atoms with van der Waals surface area (Å²) in [5.74, 6) is -0.602. The van der Waals surface area contributed by atoms with Gasteiger partial charge in [-0.2, -0.15) is 9.40 Å². The first-order valence-electron chi connectivity index (χ1n) is 7.68. The van der Waals surface area contributed by atoms with Gasteiger partial charge in [0.2, 0.25) is 10.0 Å². The quantitative estimate of drug-likeness (QED) is 0.751. The molecule has 0 amide bonds. The van der Waals surface area contributed by atoms with Crippen LogP contribution in [0.15, 0.2) is 40.2 Å². The highest BCUT2D eigenvalue weighted by Crippen LogP contribution is 2.19. The molecule has 26 heavy (non-hydrogen) atoms. The minimum Gasteiger partial charge on any atom is -0.282 e. The van der Waals surface area contributed by atoms with Crippen LogP contribution in [0.2, 0.25) is 10.0 Å². The van der Waals surface area contributed by atoms with E-state index >= 15 is 0 Å². The lowest BCUT2D eigenvalue weighted by Crippen LogP contribution is -2.49. The van der Waals surface area contributed by atoms with Crippen LogP contribution in [0, 0.1) is 5.82 Å². The molecular formula is C15H15Cl2FN4O3S. The van der Waals surface area contributed by atoms with E-state index in [9.17, 15) is 17.6 Å².